The molecule has 242 valence electrons. The molecule has 0 aromatic rings. The lowest BCUT2D eigenvalue weighted by Crippen LogP contribution is -2.57. The summed E-state index contributed by atoms with van der Waals surface area (Å²) in [5, 5.41) is 11.3. The largest absolute Gasteiger partial charge is 0.467 e. The van der Waals surface area contributed by atoms with Crippen LogP contribution in [0.25, 0.3) is 0 Å². The number of methoxy groups -OCH3 is 1. The Kier molecular flexibility index (Phi) is 14.3. The fourth-order valence-electron chi connectivity index (χ4n) is 5.26. The van der Waals surface area contributed by atoms with Crippen LogP contribution >= 0.6 is 0 Å². The Labute approximate surface area is 252 Å². The average Bonchev–Trinajstić information content (AvgIpc) is 2.84. The number of carbonyl (C=O) groups excluding carboxylic acids is 5. The minimum Gasteiger partial charge on any atom is -0.467 e. The van der Waals surface area contributed by atoms with Gasteiger partial charge in [-0.25, -0.2) is 9.59 Å². The molecule has 1 saturated carbocycles. The van der Waals surface area contributed by atoms with Crippen LogP contribution in [0.1, 0.15) is 114 Å². The molecule has 0 saturated heterocycles. The van der Waals surface area contributed by atoms with Crippen molar-refractivity contribution in [1.82, 2.24) is 21.3 Å². The number of amides is 4. The summed E-state index contributed by atoms with van der Waals surface area (Å²) in [6.45, 7) is 16.5. The van der Waals surface area contributed by atoms with Crippen LogP contribution in [0.4, 0.5) is 4.79 Å². The summed E-state index contributed by atoms with van der Waals surface area (Å²) in [6, 6.07) is -1.60. The maximum Gasteiger partial charge on any atom is 0.408 e. The van der Waals surface area contributed by atoms with Crippen molar-refractivity contribution in [2.45, 2.75) is 137 Å². The summed E-state index contributed by atoms with van der Waals surface area (Å²) in [4.78, 5) is 64.3. The van der Waals surface area contributed by atoms with Crippen molar-refractivity contribution in [3.05, 3.63) is 0 Å². The molecule has 0 aliphatic heterocycles. The van der Waals surface area contributed by atoms with Gasteiger partial charge in [-0.15, -0.1) is 0 Å². The molecule has 1 rings (SSSR count). The predicted molar refractivity (Wildman–Crippen MR) is 161 cm³/mol. The van der Waals surface area contributed by atoms with Crippen molar-refractivity contribution in [3.63, 3.8) is 0 Å². The summed E-state index contributed by atoms with van der Waals surface area (Å²) in [7, 11) is 1.25. The Morgan fingerprint density at radius 1 is 0.786 bits per heavy atom. The zero-order chi connectivity index (χ0) is 32.3. The smallest absolute Gasteiger partial charge is 0.408 e. The molecule has 0 radical (unpaired) electrons. The lowest BCUT2D eigenvalue weighted by atomic mass is 9.71. The highest BCUT2D eigenvalue weighted by molar-refractivity contribution is 5.92. The standard InChI is InChI=1S/C31H56N4O7/c1-20(2)16-22(34-28(40)42-29(5,6)7)25(37)32-19-31(14-12-11-13-15-31)18-24(36)33-23(17-21(3)4)26(38)35-30(8,9)27(39)41-10/h20-23H,11-19H2,1-10H3,(H,32,37)(H,33,36)(H,34,40)(H,35,38)/t22-,23-/m0/s1. The molecule has 0 unspecified atom stereocenters. The maximum absolute atomic E-state index is 13.4. The first-order chi connectivity index (χ1) is 19.3. The highest BCUT2D eigenvalue weighted by atomic mass is 16.6. The average molecular weight is 597 g/mol. The molecule has 42 heavy (non-hydrogen) atoms. The molecule has 11 heteroatoms. The van der Waals surface area contributed by atoms with Crippen LogP contribution in [-0.2, 0) is 28.7 Å². The normalized spacial score (nSPS) is 16.7. The molecule has 4 amide bonds. The van der Waals surface area contributed by atoms with Crippen LogP contribution < -0.4 is 21.3 Å². The van der Waals surface area contributed by atoms with Crippen molar-refractivity contribution in [1.29, 1.82) is 0 Å². The van der Waals surface area contributed by atoms with Crippen LogP contribution in [0.2, 0.25) is 0 Å². The van der Waals surface area contributed by atoms with Gasteiger partial charge in [0.15, 0.2) is 0 Å². The van der Waals surface area contributed by atoms with E-state index < -0.39 is 46.6 Å². The van der Waals surface area contributed by atoms with Gasteiger partial charge in [0.1, 0.15) is 23.2 Å². The second kappa shape index (κ2) is 16.1. The van der Waals surface area contributed by atoms with Gasteiger partial charge in [-0.1, -0.05) is 47.0 Å². The molecule has 11 nitrogen and oxygen atoms in total. The van der Waals surface area contributed by atoms with Gasteiger partial charge >= 0.3 is 12.1 Å². The minimum absolute atomic E-state index is 0.112. The van der Waals surface area contributed by atoms with Crippen LogP contribution in [0.3, 0.4) is 0 Å². The Balaban J connectivity index is 3.00. The number of carbonyl (C=O) groups is 5. The van der Waals surface area contributed by atoms with E-state index in [-0.39, 0.29) is 36.6 Å². The number of hydrogen-bond donors (Lipinski definition) is 4. The first-order valence-electron chi connectivity index (χ1n) is 15.3. The van der Waals surface area contributed by atoms with Gasteiger partial charge in [0, 0.05) is 13.0 Å². The molecule has 0 aromatic carbocycles. The molecule has 2 atom stereocenters. The third-order valence-electron chi connectivity index (χ3n) is 7.29. The lowest BCUT2D eigenvalue weighted by Gasteiger charge is -2.38. The molecule has 0 spiro atoms. The lowest BCUT2D eigenvalue weighted by molar-refractivity contribution is -0.149. The molecule has 4 N–H and O–H groups in total. The van der Waals surface area contributed by atoms with E-state index >= 15 is 0 Å². The van der Waals surface area contributed by atoms with E-state index in [2.05, 4.69) is 21.3 Å². The Morgan fingerprint density at radius 2 is 1.31 bits per heavy atom. The van der Waals surface area contributed by atoms with Crippen LogP contribution in [0.5, 0.6) is 0 Å². The molecule has 1 aliphatic carbocycles. The maximum atomic E-state index is 13.4. The highest BCUT2D eigenvalue weighted by Crippen LogP contribution is 2.39. The van der Waals surface area contributed by atoms with Gasteiger partial charge < -0.3 is 30.7 Å². The fourth-order valence-corrected chi connectivity index (χ4v) is 5.26. The summed E-state index contributed by atoms with van der Waals surface area (Å²) >= 11 is 0. The molecular formula is C31H56N4O7. The number of nitrogens with one attached hydrogen (secondary N) is 4. The molecule has 0 heterocycles. The number of rotatable bonds is 14. The van der Waals surface area contributed by atoms with E-state index in [0.717, 1.165) is 32.1 Å². The second-order valence-corrected chi connectivity index (χ2v) is 14.1. The third kappa shape index (κ3) is 13.4. The molecular weight excluding hydrogens is 540 g/mol. The number of alkyl carbamates (subject to hydrolysis) is 1. The van der Waals surface area contributed by atoms with Gasteiger partial charge in [-0.05, 0) is 77.6 Å². The first-order valence-corrected chi connectivity index (χ1v) is 15.3. The van der Waals surface area contributed by atoms with E-state index in [1.165, 1.54) is 7.11 Å². The third-order valence-corrected chi connectivity index (χ3v) is 7.29. The van der Waals surface area contributed by atoms with E-state index in [9.17, 15) is 24.0 Å². The van der Waals surface area contributed by atoms with Gasteiger partial charge in [-0.3, -0.25) is 14.4 Å². The summed E-state index contributed by atoms with van der Waals surface area (Å²) in [5.41, 5.74) is -2.42. The SMILES string of the molecule is COC(=O)C(C)(C)NC(=O)[C@H](CC(C)C)NC(=O)CC1(CNC(=O)[C@H](CC(C)C)NC(=O)OC(C)(C)C)CCCCC1. The van der Waals surface area contributed by atoms with Crippen molar-refractivity contribution in [3.8, 4) is 0 Å². The van der Waals surface area contributed by atoms with Crippen LogP contribution in [0, 0.1) is 17.3 Å². The van der Waals surface area contributed by atoms with Crippen molar-refractivity contribution >= 4 is 29.8 Å². The predicted octanol–water partition coefficient (Wildman–Crippen LogP) is 3.98. The minimum atomic E-state index is -1.25. The Hall–Kier alpha value is -2.85. The van der Waals surface area contributed by atoms with E-state index in [1.807, 2.05) is 27.7 Å². The number of ether oxygens (including phenoxy) is 2. The topological polar surface area (TPSA) is 152 Å². The number of hydrogen-bond acceptors (Lipinski definition) is 7. The molecule has 0 bridgehead atoms. The van der Waals surface area contributed by atoms with E-state index in [4.69, 9.17) is 9.47 Å². The van der Waals surface area contributed by atoms with Crippen molar-refractivity contribution in [2.75, 3.05) is 13.7 Å². The Morgan fingerprint density at radius 3 is 1.79 bits per heavy atom. The zero-order valence-corrected chi connectivity index (χ0v) is 27.5. The molecule has 0 aromatic heterocycles. The fraction of sp³-hybridized carbons (Fsp3) is 0.839. The monoisotopic (exact) mass is 596 g/mol. The van der Waals surface area contributed by atoms with Gasteiger partial charge in [0.2, 0.25) is 17.7 Å². The van der Waals surface area contributed by atoms with E-state index in [1.54, 1.807) is 34.6 Å². The quantitative estimate of drug-likeness (QED) is 0.221. The Bertz CT molecular complexity index is 934. The van der Waals surface area contributed by atoms with Gasteiger partial charge in [0.05, 0.1) is 7.11 Å². The molecule has 1 fully saturated rings. The summed E-state index contributed by atoms with van der Waals surface area (Å²) in [5.74, 6) is -1.38. The zero-order valence-electron chi connectivity index (χ0n) is 27.5. The van der Waals surface area contributed by atoms with Crippen LogP contribution in [0.15, 0.2) is 0 Å². The first kappa shape index (κ1) is 37.2. The second-order valence-electron chi connectivity index (χ2n) is 14.1. The van der Waals surface area contributed by atoms with Crippen molar-refractivity contribution in [2.24, 2.45) is 17.3 Å². The number of esters is 1. The van der Waals surface area contributed by atoms with Crippen LogP contribution in [-0.4, -0.2) is 66.7 Å². The van der Waals surface area contributed by atoms with E-state index in [0.29, 0.717) is 12.8 Å². The van der Waals surface area contributed by atoms with Gasteiger partial charge in [0.25, 0.3) is 0 Å². The summed E-state index contributed by atoms with van der Waals surface area (Å²) < 4.78 is 10.2. The van der Waals surface area contributed by atoms with Gasteiger partial charge in [-0.2, -0.15) is 0 Å². The van der Waals surface area contributed by atoms with Crippen molar-refractivity contribution < 1.29 is 33.4 Å². The summed E-state index contributed by atoms with van der Waals surface area (Å²) in [6.07, 6.45) is 4.74. The highest BCUT2D eigenvalue weighted by Gasteiger charge is 2.38. The molecule has 1 aliphatic rings.